The lowest BCUT2D eigenvalue weighted by atomic mass is 9.85. The van der Waals surface area contributed by atoms with Crippen molar-refractivity contribution < 1.29 is 22.7 Å². The fraction of sp³-hybridized carbons (Fsp3) is 0.300. The van der Waals surface area contributed by atoms with Gasteiger partial charge in [-0.2, -0.15) is 0 Å². The summed E-state index contributed by atoms with van der Waals surface area (Å²) >= 11 is 0. The standard InChI is InChI=1S/C30H32N4O5S/c1-19(20-6-4-3-5-7-20)31-29(35)22-12-14-24(15-13-22)34-40(37,38)25-16-17-26-27(18-25)33-28(32-26)21-8-10-23(11-9-21)30(36)39-2/h3-11,16-19,22,24,34H,12-15H2,1-2H3,(H,31,35)(H,32,33)/t19-,22-,24-/m1/s1. The van der Waals surface area contributed by atoms with Crippen molar-refractivity contribution in [1.29, 1.82) is 0 Å². The molecule has 0 spiro atoms. The van der Waals surface area contributed by atoms with E-state index < -0.39 is 16.0 Å². The number of H-pyrrole nitrogens is 1. The number of carbonyl (C=O) groups is 2. The van der Waals surface area contributed by atoms with Gasteiger partial charge in [-0.3, -0.25) is 4.79 Å². The Kier molecular flexibility index (Phi) is 7.99. The highest BCUT2D eigenvalue weighted by Gasteiger charge is 2.30. The van der Waals surface area contributed by atoms with E-state index in [0.29, 0.717) is 48.1 Å². The van der Waals surface area contributed by atoms with Crippen LogP contribution in [0.1, 0.15) is 54.6 Å². The van der Waals surface area contributed by atoms with E-state index in [-0.39, 0.29) is 28.8 Å². The molecule has 208 valence electrons. The Hall–Kier alpha value is -4.02. The maximum Gasteiger partial charge on any atom is 0.337 e. The van der Waals surface area contributed by atoms with E-state index in [2.05, 4.69) is 20.0 Å². The first-order chi connectivity index (χ1) is 19.2. The number of carbonyl (C=O) groups excluding carboxylic acids is 2. The lowest BCUT2D eigenvalue weighted by molar-refractivity contribution is -0.126. The highest BCUT2D eigenvalue weighted by molar-refractivity contribution is 7.89. The number of benzene rings is 3. The molecular formula is C30H32N4O5S. The van der Waals surface area contributed by atoms with Crippen molar-refractivity contribution in [1.82, 2.24) is 20.0 Å². The third-order valence-electron chi connectivity index (χ3n) is 7.42. The Morgan fingerprint density at radius 3 is 2.35 bits per heavy atom. The van der Waals surface area contributed by atoms with Gasteiger partial charge in [0.15, 0.2) is 0 Å². The Labute approximate surface area is 233 Å². The highest BCUT2D eigenvalue weighted by atomic mass is 32.2. The third-order valence-corrected chi connectivity index (χ3v) is 8.94. The van der Waals surface area contributed by atoms with Crippen LogP contribution in [0.5, 0.6) is 0 Å². The maximum absolute atomic E-state index is 13.2. The van der Waals surface area contributed by atoms with Crippen molar-refractivity contribution in [3.8, 4) is 11.4 Å². The second kappa shape index (κ2) is 11.6. The van der Waals surface area contributed by atoms with Gasteiger partial charge in [0.05, 0.1) is 34.6 Å². The first kappa shape index (κ1) is 27.5. The van der Waals surface area contributed by atoms with Gasteiger partial charge in [-0.15, -0.1) is 0 Å². The molecule has 10 heteroatoms. The number of hydrogen-bond donors (Lipinski definition) is 3. The second-order valence-corrected chi connectivity index (χ2v) is 11.9. The number of aromatic nitrogens is 2. The molecule has 1 aromatic heterocycles. The third kappa shape index (κ3) is 6.08. The minimum Gasteiger partial charge on any atom is -0.465 e. The average Bonchev–Trinajstić information content (AvgIpc) is 3.41. The number of methoxy groups -OCH3 is 1. The normalized spacial score (nSPS) is 18.2. The molecule has 3 aromatic carbocycles. The highest BCUT2D eigenvalue weighted by Crippen LogP contribution is 2.28. The Morgan fingerprint density at radius 1 is 0.975 bits per heavy atom. The minimum atomic E-state index is -3.77. The molecule has 1 atom stereocenters. The summed E-state index contributed by atoms with van der Waals surface area (Å²) in [7, 11) is -2.45. The number of esters is 1. The van der Waals surface area contributed by atoms with E-state index in [1.165, 1.54) is 7.11 Å². The minimum absolute atomic E-state index is 0.0115. The molecule has 0 bridgehead atoms. The summed E-state index contributed by atoms with van der Waals surface area (Å²) in [4.78, 5) is 32.4. The summed E-state index contributed by atoms with van der Waals surface area (Å²) in [5, 5.41) is 3.09. The van der Waals surface area contributed by atoms with E-state index in [1.54, 1.807) is 42.5 Å². The van der Waals surface area contributed by atoms with Gasteiger partial charge in [0.2, 0.25) is 15.9 Å². The van der Waals surface area contributed by atoms with Gasteiger partial charge >= 0.3 is 5.97 Å². The van der Waals surface area contributed by atoms with E-state index in [1.807, 2.05) is 37.3 Å². The zero-order chi connectivity index (χ0) is 28.3. The van der Waals surface area contributed by atoms with Crippen LogP contribution >= 0.6 is 0 Å². The van der Waals surface area contributed by atoms with Crippen molar-refractivity contribution in [3.63, 3.8) is 0 Å². The van der Waals surface area contributed by atoms with Gasteiger partial charge in [-0.1, -0.05) is 42.5 Å². The Balaban J connectivity index is 1.20. The van der Waals surface area contributed by atoms with Crippen LogP contribution in [-0.2, 0) is 19.6 Å². The number of aromatic amines is 1. The van der Waals surface area contributed by atoms with Gasteiger partial charge in [0.1, 0.15) is 5.82 Å². The summed E-state index contributed by atoms with van der Waals surface area (Å²) in [5.41, 5.74) is 3.45. The fourth-order valence-electron chi connectivity index (χ4n) is 5.09. The quantitative estimate of drug-likeness (QED) is 0.267. The van der Waals surface area contributed by atoms with Crippen molar-refractivity contribution in [2.75, 3.05) is 7.11 Å². The number of ether oxygens (including phenoxy) is 1. The molecule has 1 heterocycles. The molecule has 1 saturated carbocycles. The van der Waals surface area contributed by atoms with Gasteiger partial charge in [0.25, 0.3) is 0 Å². The SMILES string of the molecule is COC(=O)c1ccc(-c2nc3cc(S(=O)(=O)N[C@H]4CC[C@H](C(=O)N[C@H](C)c5ccccc5)CC4)ccc3[nH]2)cc1. The second-order valence-electron chi connectivity index (χ2n) is 10.1. The number of nitrogens with zero attached hydrogens (tertiary/aromatic N) is 1. The lowest BCUT2D eigenvalue weighted by Gasteiger charge is -2.29. The molecule has 40 heavy (non-hydrogen) atoms. The Morgan fingerprint density at radius 2 is 1.68 bits per heavy atom. The number of amides is 1. The van der Waals surface area contributed by atoms with E-state index in [0.717, 1.165) is 11.1 Å². The van der Waals surface area contributed by atoms with Gasteiger partial charge in [-0.25, -0.2) is 22.9 Å². The summed E-state index contributed by atoms with van der Waals surface area (Å²) in [5.74, 6) is 0.0184. The monoisotopic (exact) mass is 560 g/mol. The van der Waals surface area contributed by atoms with Gasteiger partial charge in [-0.05, 0) is 68.5 Å². The lowest BCUT2D eigenvalue weighted by Crippen LogP contribution is -2.41. The van der Waals surface area contributed by atoms with Crippen LogP contribution in [0.15, 0.2) is 77.7 Å². The molecule has 5 rings (SSSR count). The van der Waals surface area contributed by atoms with Gasteiger partial charge < -0.3 is 15.0 Å². The van der Waals surface area contributed by atoms with Crippen LogP contribution in [0.25, 0.3) is 22.4 Å². The summed E-state index contributed by atoms with van der Waals surface area (Å²) < 4.78 is 33.9. The number of nitrogens with one attached hydrogen (secondary N) is 3. The summed E-state index contributed by atoms with van der Waals surface area (Å²) in [6, 6.07) is 21.1. The van der Waals surface area contributed by atoms with Crippen molar-refractivity contribution >= 4 is 32.9 Å². The van der Waals surface area contributed by atoms with E-state index in [4.69, 9.17) is 4.74 Å². The van der Waals surface area contributed by atoms with Crippen LogP contribution in [0, 0.1) is 5.92 Å². The fourth-order valence-corrected chi connectivity index (χ4v) is 6.41. The topological polar surface area (TPSA) is 130 Å². The van der Waals surface area contributed by atoms with Crippen molar-refractivity contribution in [2.45, 2.75) is 49.6 Å². The molecule has 0 unspecified atom stereocenters. The smallest absolute Gasteiger partial charge is 0.337 e. The molecule has 4 aromatic rings. The Bertz CT molecular complexity index is 1610. The first-order valence-electron chi connectivity index (χ1n) is 13.3. The molecule has 3 N–H and O–H groups in total. The van der Waals surface area contributed by atoms with Crippen LogP contribution < -0.4 is 10.0 Å². The zero-order valence-corrected chi connectivity index (χ0v) is 23.2. The zero-order valence-electron chi connectivity index (χ0n) is 22.4. The molecular weight excluding hydrogens is 528 g/mol. The number of imidazole rings is 1. The predicted molar refractivity (Wildman–Crippen MR) is 152 cm³/mol. The van der Waals surface area contributed by atoms with Crippen LogP contribution in [-0.4, -0.2) is 43.4 Å². The summed E-state index contributed by atoms with van der Waals surface area (Å²) in [6.07, 6.45) is 2.43. The number of fused-ring (bicyclic) bond motifs is 1. The van der Waals surface area contributed by atoms with Gasteiger partial charge in [0, 0.05) is 17.5 Å². The predicted octanol–water partition coefficient (Wildman–Crippen LogP) is 4.73. The molecule has 1 aliphatic rings. The first-order valence-corrected chi connectivity index (χ1v) is 14.8. The maximum atomic E-state index is 13.2. The van der Waals surface area contributed by atoms with Crippen molar-refractivity contribution in [2.24, 2.45) is 5.92 Å². The van der Waals surface area contributed by atoms with E-state index >= 15 is 0 Å². The molecule has 1 amide bonds. The molecule has 0 saturated heterocycles. The average molecular weight is 561 g/mol. The van der Waals surface area contributed by atoms with Crippen LogP contribution in [0.4, 0.5) is 0 Å². The van der Waals surface area contributed by atoms with Crippen molar-refractivity contribution in [3.05, 3.63) is 83.9 Å². The largest absolute Gasteiger partial charge is 0.465 e. The van der Waals surface area contributed by atoms with Crippen LogP contribution in [0.2, 0.25) is 0 Å². The molecule has 1 fully saturated rings. The molecule has 0 radical (unpaired) electrons. The molecule has 9 nitrogen and oxygen atoms in total. The number of rotatable bonds is 8. The summed E-state index contributed by atoms with van der Waals surface area (Å²) in [6.45, 7) is 1.97. The van der Waals surface area contributed by atoms with Crippen LogP contribution in [0.3, 0.4) is 0 Å². The number of hydrogen-bond acceptors (Lipinski definition) is 6. The molecule has 0 aliphatic heterocycles. The molecule has 1 aliphatic carbocycles. The number of sulfonamides is 1. The van der Waals surface area contributed by atoms with E-state index in [9.17, 15) is 18.0 Å².